The van der Waals surface area contributed by atoms with Gasteiger partial charge in [-0.25, -0.2) is 0 Å². The molecule has 0 unspecified atom stereocenters. The lowest BCUT2D eigenvalue weighted by molar-refractivity contribution is -0.132. The van der Waals surface area contributed by atoms with Crippen LogP contribution in [0.3, 0.4) is 0 Å². The summed E-state index contributed by atoms with van der Waals surface area (Å²) in [4.78, 5) is 26.1. The highest BCUT2D eigenvalue weighted by atomic mass is 35.5. The Morgan fingerprint density at radius 3 is 2.27 bits per heavy atom. The van der Waals surface area contributed by atoms with E-state index in [1.807, 2.05) is 13.8 Å². The highest BCUT2D eigenvalue weighted by Crippen LogP contribution is 2.36. The Labute approximate surface area is 182 Å². The number of nitrogens with zero attached hydrogens (tertiary/aromatic N) is 1. The minimum atomic E-state index is -0.174. The van der Waals surface area contributed by atoms with Crippen LogP contribution in [0.5, 0.6) is 17.2 Å². The molecule has 7 heteroatoms. The molecule has 0 fully saturated rings. The van der Waals surface area contributed by atoms with Crippen molar-refractivity contribution in [2.75, 3.05) is 33.9 Å². The Morgan fingerprint density at radius 2 is 1.70 bits per heavy atom. The molecule has 0 aliphatic rings. The predicted octanol–water partition coefficient (Wildman–Crippen LogP) is 4.50. The van der Waals surface area contributed by atoms with Crippen LogP contribution in [-0.4, -0.2) is 50.5 Å². The van der Waals surface area contributed by atoms with E-state index in [9.17, 15) is 9.59 Å². The highest BCUT2D eigenvalue weighted by molar-refractivity contribution is 6.32. The fraction of sp³-hybridized carbons (Fsp3) is 0.304. The van der Waals surface area contributed by atoms with Crippen molar-refractivity contribution in [3.8, 4) is 17.2 Å². The largest absolute Gasteiger partial charge is 0.493 e. The van der Waals surface area contributed by atoms with Gasteiger partial charge in [0.2, 0.25) is 0 Å². The predicted molar refractivity (Wildman–Crippen MR) is 118 cm³/mol. The molecule has 0 heterocycles. The number of carbonyl (C=O) groups is 2. The molecule has 1 amide bonds. The standard InChI is InChI=1S/C23H26ClNO5/c1-5-25(6-2)22(27)15-30-18-10-8-17(9-11-18)20(26)12-7-16-13-19(24)23(29-4)21(14-16)28-3/h7-14H,5-6,15H2,1-4H3/b12-7+. The van der Waals surface area contributed by atoms with Crippen LogP contribution in [0.4, 0.5) is 0 Å². The molecular formula is C23H26ClNO5. The molecule has 0 bridgehead atoms. The number of ether oxygens (including phenoxy) is 3. The first-order chi connectivity index (χ1) is 14.4. The summed E-state index contributed by atoms with van der Waals surface area (Å²) in [5.41, 5.74) is 1.21. The van der Waals surface area contributed by atoms with E-state index in [4.69, 9.17) is 25.8 Å². The first kappa shape index (κ1) is 23.3. The van der Waals surface area contributed by atoms with Gasteiger partial charge in [-0.3, -0.25) is 9.59 Å². The second-order valence-electron chi connectivity index (χ2n) is 6.31. The number of hydrogen-bond acceptors (Lipinski definition) is 5. The van der Waals surface area contributed by atoms with Crippen LogP contribution in [-0.2, 0) is 4.79 Å². The van der Waals surface area contributed by atoms with Crippen LogP contribution in [0.15, 0.2) is 42.5 Å². The average molecular weight is 432 g/mol. The molecule has 2 aromatic carbocycles. The van der Waals surface area contributed by atoms with Crippen LogP contribution in [0, 0.1) is 0 Å². The molecule has 0 aliphatic carbocycles. The maximum atomic E-state index is 12.4. The highest BCUT2D eigenvalue weighted by Gasteiger charge is 2.11. The van der Waals surface area contributed by atoms with Gasteiger partial charge in [-0.15, -0.1) is 0 Å². The zero-order valence-corrected chi connectivity index (χ0v) is 18.4. The molecule has 0 aliphatic heterocycles. The molecule has 160 valence electrons. The van der Waals surface area contributed by atoms with E-state index in [0.717, 1.165) is 0 Å². The van der Waals surface area contributed by atoms with Crippen molar-refractivity contribution in [1.29, 1.82) is 0 Å². The number of ketones is 1. The van der Waals surface area contributed by atoms with Crippen molar-refractivity contribution in [3.63, 3.8) is 0 Å². The number of rotatable bonds is 10. The number of allylic oxidation sites excluding steroid dienone is 1. The zero-order valence-electron chi connectivity index (χ0n) is 17.6. The van der Waals surface area contributed by atoms with Gasteiger partial charge < -0.3 is 19.1 Å². The summed E-state index contributed by atoms with van der Waals surface area (Å²) >= 11 is 6.19. The molecule has 0 atom stereocenters. The Balaban J connectivity index is 2.03. The number of methoxy groups -OCH3 is 2. The Bertz CT molecular complexity index is 905. The third kappa shape index (κ3) is 6.00. The average Bonchev–Trinajstić information content (AvgIpc) is 2.76. The van der Waals surface area contributed by atoms with Crippen molar-refractivity contribution < 1.29 is 23.8 Å². The summed E-state index contributed by atoms with van der Waals surface area (Å²) < 4.78 is 16.0. The van der Waals surface area contributed by atoms with Gasteiger partial charge >= 0.3 is 0 Å². The second-order valence-corrected chi connectivity index (χ2v) is 6.72. The molecule has 0 saturated heterocycles. The molecular weight excluding hydrogens is 406 g/mol. The Kier molecular flexibility index (Phi) is 8.74. The number of benzene rings is 2. The number of likely N-dealkylation sites (N-methyl/N-ethyl adjacent to an activating group) is 1. The van der Waals surface area contributed by atoms with Crippen molar-refractivity contribution in [1.82, 2.24) is 4.90 Å². The Morgan fingerprint density at radius 1 is 1.03 bits per heavy atom. The fourth-order valence-electron chi connectivity index (χ4n) is 2.83. The van der Waals surface area contributed by atoms with E-state index >= 15 is 0 Å². The second kappa shape index (κ2) is 11.3. The molecule has 30 heavy (non-hydrogen) atoms. The van der Waals surface area contributed by atoms with Gasteiger partial charge in [0.05, 0.1) is 19.2 Å². The molecule has 2 aromatic rings. The van der Waals surface area contributed by atoms with Gasteiger partial charge in [-0.1, -0.05) is 17.7 Å². The van der Waals surface area contributed by atoms with Crippen LogP contribution < -0.4 is 14.2 Å². The lowest BCUT2D eigenvalue weighted by Crippen LogP contribution is -2.34. The van der Waals surface area contributed by atoms with Crippen molar-refractivity contribution in [3.05, 3.63) is 58.6 Å². The van der Waals surface area contributed by atoms with Crippen LogP contribution in [0.2, 0.25) is 5.02 Å². The summed E-state index contributed by atoms with van der Waals surface area (Å²) in [5.74, 6) is 1.21. The summed E-state index contributed by atoms with van der Waals surface area (Å²) in [6.45, 7) is 5.10. The van der Waals surface area contributed by atoms with Crippen LogP contribution in [0.25, 0.3) is 6.08 Å². The monoisotopic (exact) mass is 431 g/mol. The number of hydrogen-bond donors (Lipinski definition) is 0. The van der Waals surface area contributed by atoms with Crippen molar-refractivity contribution in [2.45, 2.75) is 13.8 Å². The molecule has 2 rings (SSSR count). The third-order valence-electron chi connectivity index (χ3n) is 4.50. The summed E-state index contributed by atoms with van der Waals surface area (Å²) in [5, 5.41) is 0.393. The topological polar surface area (TPSA) is 65.1 Å². The van der Waals surface area contributed by atoms with Gasteiger partial charge in [0.1, 0.15) is 5.75 Å². The van der Waals surface area contributed by atoms with E-state index in [0.29, 0.717) is 46.5 Å². The van der Waals surface area contributed by atoms with E-state index in [1.165, 1.54) is 20.3 Å². The first-order valence-electron chi connectivity index (χ1n) is 9.58. The quantitative estimate of drug-likeness (QED) is 0.409. The minimum absolute atomic E-state index is 0.0328. The van der Waals surface area contributed by atoms with E-state index < -0.39 is 0 Å². The zero-order chi connectivity index (χ0) is 22.1. The summed E-state index contributed by atoms with van der Waals surface area (Å²) in [6.07, 6.45) is 3.11. The van der Waals surface area contributed by atoms with Gasteiger partial charge in [-0.05, 0) is 61.9 Å². The van der Waals surface area contributed by atoms with Gasteiger partial charge in [0, 0.05) is 18.7 Å². The smallest absolute Gasteiger partial charge is 0.260 e. The van der Waals surface area contributed by atoms with E-state index in [-0.39, 0.29) is 18.3 Å². The molecule has 0 aromatic heterocycles. The van der Waals surface area contributed by atoms with Crippen molar-refractivity contribution >= 4 is 29.4 Å². The molecule has 0 spiro atoms. The summed E-state index contributed by atoms with van der Waals surface area (Å²) in [6, 6.07) is 10.1. The Hall–Kier alpha value is -2.99. The normalized spacial score (nSPS) is 10.7. The third-order valence-corrected chi connectivity index (χ3v) is 4.78. The van der Waals surface area contributed by atoms with Crippen molar-refractivity contribution in [2.24, 2.45) is 0 Å². The minimum Gasteiger partial charge on any atom is -0.493 e. The van der Waals surface area contributed by atoms with Crippen LogP contribution >= 0.6 is 11.6 Å². The molecule has 0 radical (unpaired) electrons. The lowest BCUT2D eigenvalue weighted by atomic mass is 10.1. The number of amides is 1. The van der Waals surface area contributed by atoms with Gasteiger partial charge in [0.15, 0.2) is 23.9 Å². The maximum Gasteiger partial charge on any atom is 0.260 e. The molecule has 0 N–H and O–H groups in total. The van der Waals surface area contributed by atoms with Gasteiger partial charge in [-0.2, -0.15) is 0 Å². The fourth-order valence-corrected chi connectivity index (χ4v) is 3.13. The number of carbonyl (C=O) groups excluding carboxylic acids is 2. The van der Waals surface area contributed by atoms with Crippen LogP contribution in [0.1, 0.15) is 29.8 Å². The SMILES string of the molecule is CCN(CC)C(=O)COc1ccc(C(=O)/C=C/c2cc(Cl)c(OC)c(OC)c2)cc1. The van der Waals surface area contributed by atoms with Gasteiger partial charge in [0.25, 0.3) is 5.91 Å². The number of halogens is 1. The summed E-state index contributed by atoms with van der Waals surface area (Å²) in [7, 11) is 3.03. The van der Waals surface area contributed by atoms with E-state index in [2.05, 4.69) is 0 Å². The maximum absolute atomic E-state index is 12.4. The molecule has 0 saturated carbocycles. The van der Waals surface area contributed by atoms with E-state index in [1.54, 1.807) is 47.4 Å². The lowest BCUT2D eigenvalue weighted by Gasteiger charge is -2.18. The molecule has 6 nitrogen and oxygen atoms in total. The first-order valence-corrected chi connectivity index (χ1v) is 9.95.